The summed E-state index contributed by atoms with van der Waals surface area (Å²) in [5.41, 5.74) is 8.69. The van der Waals surface area contributed by atoms with E-state index in [1.54, 1.807) is 23.8 Å². The van der Waals surface area contributed by atoms with Crippen LogP contribution in [0.25, 0.3) is 5.69 Å². The van der Waals surface area contributed by atoms with Crippen molar-refractivity contribution in [1.82, 2.24) is 14.8 Å². The first-order valence-electron chi connectivity index (χ1n) is 6.70. The maximum atomic E-state index is 11.1. The Labute approximate surface area is 131 Å². The molecule has 0 unspecified atom stereocenters. The van der Waals surface area contributed by atoms with Gasteiger partial charge in [-0.2, -0.15) is 5.10 Å². The van der Waals surface area contributed by atoms with Crippen LogP contribution >= 0.6 is 11.3 Å². The summed E-state index contributed by atoms with van der Waals surface area (Å²) in [7, 11) is 0. The Kier molecular flexibility index (Phi) is 3.88. The zero-order valence-corrected chi connectivity index (χ0v) is 12.8. The standard InChI is InChI=1S/C15H15N5OS/c1-10-5-19-20(8-10)14-2-3-17-7-13(14)18-6-12-4-11(9-22-12)15(16)21/h2-5,7-9,18H,6H2,1H3,(H2,16,21). The summed E-state index contributed by atoms with van der Waals surface area (Å²) in [4.78, 5) is 16.3. The van der Waals surface area contributed by atoms with Gasteiger partial charge < -0.3 is 11.1 Å². The average Bonchev–Trinajstić information content (AvgIpc) is 3.14. The largest absolute Gasteiger partial charge is 0.377 e. The summed E-state index contributed by atoms with van der Waals surface area (Å²) in [5, 5.41) is 9.41. The molecule has 112 valence electrons. The number of amides is 1. The van der Waals surface area contributed by atoms with E-state index in [9.17, 15) is 4.79 Å². The molecule has 0 spiro atoms. The van der Waals surface area contributed by atoms with E-state index < -0.39 is 5.91 Å². The predicted octanol–water partition coefficient (Wildman–Crippen LogP) is 2.35. The molecule has 3 heterocycles. The Morgan fingerprint density at radius 2 is 2.32 bits per heavy atom. The number of nitrogens with one attached hydrogen (secondary N) is 1. The van der Waals surface area contributed by atoms with Gasteiger partial charge in [0.25, 0.3) is 0 Å². The highest BCUT2D eigenvalue weighted by Gasteiger charge is 2.08. The van der Waals surface area contributed by atoms with Crippen LogP contribution in [-0.4, -0.2) is 20.7 Å². The maximum Gasteiger partial charge on any atom is 0.249 e. The van der Waals surface area contributed by atoms with Crippen LogP contribution in [0.4, 0.5) is 5.69 Å². The topological polar surface area (TPSA) is 85.8 Å². The van der Waals surface area contributed by atoms with E-state index in [1.807, 2.05) is 30.1 Å². The molecule has 0 radical (unpaired) electrons. The molecule has 0 aromatic carbocycles. The third-order valence-corrected chi connectivity index (χ3v) is 4.08. The first-order valence-corrected chi connectivity index (χ1v) is 7.58. The fourth-order valence-corrected chi connectivity index (χ4v) is 2.87. The van der Waals surface area contributed by atoms with E-state index in [2.05, 4.69) is 15.4 Å². The lowest BCUT2D eigenvalue weighted by atomic mass is 10.3. The first kappa shape index (κ1) is 14.3. The van der Waals surface area contributed by atoms with E-state index in [0.717, 1.165) is 21.8 Å². The minimum Gasteiger partial charge on any atom is -0.377 e. The fourth-order valence-electron chi connectivity index (χ4n) is 2.05. The summed E-state index contributed by atoms with van der Waals surface area (Å²) < 4.78 is 1.81. The van der Waals surface area contributed by atoms with Crippen LogP contribution in [0, 0.1) is 6.92 Å². The van der Waals surface area contributed by atoms with Crippen LogP contribution < -0.4 is 11.1 Å². The number of pyridine rings is 1. The maximum absolute atomic E-state index is 11.1. The number of hydrogen-bond donors (Lipinski definition) is 2. The molecule has 3 N–H and O–H groups in total. The van der Waals surface area contributed by atoms with Gasteiger partial charge in [-0.3, -0.25) is 9.78 Å². The van der Waals surface area contributed by atoms with Crippen molar-refractivity contribution in [3.05, 3.63) is 58.3 Å². The molecule has 0 saturated heterocycles. The van der Waals surface area contributed by atoms with Crippen molar-refractivity contribution >= 4 is 22.9 Å². The summed E-state index contributed by atoms with van der Waals surface area (Å²) in [6.07, 6.45) is 7.25. The van der Waals surface area contributed by atoms with Crippen molar-refractivity contribution in [2.45, 2.75) is 13.5 Å². The van der Waals surface area contributed by atoms with E-state index >= 15 is 0 Å². The number of hydrogen-bond acceptors (Lipinski definition) is 5. The van der Waals surface area contributed by atoms with Crippen molar-refractivity contribution in [2.24, 2.45) is 5.73 Å². The molecular formula is C15H15N5OS. The molecule has 0 atom stereocenters. The summed E-state index contributed by atoms with van der Waals surface area (Å²) in [6.45, 7) is 2.59. The molecule has 0 fully saturated rings. The molecule has 3 aromatic rings. The molecule has 0 aliphatic carbocycles. The van der Waals surface area contributed by atoms with Gasteiger partial charge in [0.2, 0.25) is 5.91 Å². The SMILES string of the molecule is Cc1cnn(-c2ccncc2NCc2cc(C(N)=O)cs2)c1. The summed E-state index contributed by atoms with van der Waals surface area (Å²) in [6, 6.07) is 3.70. The molecule has 7 heteroatoms. The van der Waals surface area contributed by atoms with Gasteiger partial charge >= 0.3 is 0 Å². The van der Waals surface area contributed by atoms with Crippen LogP contribution in [0.15, 0.2) is 42.3 Å². The third-order valence-electron chi connectivity index (χ3n) is 3.15. The predicted molar refractivity (Wildman–Crippen MR) is 86.3 cm³/mol. The van der Waals surface area contributed by atoms with Crippen LogP contribution in [0.2, 0.25) is 0 Å². The number of aromatic nitrogens is 3. The van der Waals surface area contributed by atoms with E-state index in [1.165, 1.54) is 11.3 Å². The van der Waals surface area contributed by atoms with Gasteiger partial charge in [-0.1, -0.05) is 0 Å². The Morgan fingerprint density at radius 3 is 3.00 bits per heavy atom. The van der Waals surface area contributed by atoms with Crippen molar-refractivity contribution in [1.29, 1.82) is 0 Å². The Balaban J connectivity index is 1.79. The second-order valence-corrected chi connectivity index (χ2v) is 5.87. The molecule has 3 aromatic heterocycles. The third kappa shape index (κ3) is 2.99. The lowest BCUT2D eigenvalue weighted by Crippen LogP contribution is -2.09. The molecule has 0 aliphatic heterocycles. The molecule has 1 amide bonds. The van der Waals surface area contributed by atoms with E-state index in [0.29, 0.717) is 12.1 Å². The second-order valence-electron chi connectivity index (χ2n) is 4.87. The smallest absolute Gasteiger partial charge is 0.249 e. The molecule has 3 rings (SSSR count). The number of nitrogens with two attached hydrogens (primary N) is 1. The number of rotatable bonds is 5. The number of carbonyl (C=O) groups excluding carboxylic acids is 1. The van der Waals surface area contributed by atoms with Gasteiger partial charge in [0.1, 0.15) is 0 Å². The molecule has 0 aliphatic rings. The van der Waals surface area contributed by atoms with Crippen molar-refractivity contribution in [2.75, 3.05) is 5.32 Å². The zero-order chi connectivity index (χ0) is 15.5. The number of primary amides is 1. The molecule has 0 saturated carbocycles. The number of aryl methyl sites for hydroxylation is 1. The van der Waals surface area contributed by atoms with Gasteiger partial charge in [-0.25, -0.2) is 4.68 Å². The average molecular weight is 313 g/mol. The highest BCUT2D eigenvalue weighted by atomic mass is 32.1. The van der Waals surface area contributed by atoms with Gasteiger partial charge in [0, 0.05) is 29.2 Å². The molecule has 0 bridgehead atoms. The fraction of sp³-hybridized carbons (Fsp3) is 0.133. The Bertz CT molecular complexity index is 808. The molecular weight excluding hydrogens is 298 g/mol. The van der Waals surface area contributed by atoms with Crippen molar-refractivity contribution in [3.8, 4) is 5.69 Å². The van der Waals surface area contributed by atoms with Crippen LogP contribution in [-0.2, 0) is 6.54 Å². The van der Waals surface area contributed by atoms with Gasteiger partial charge in [0.15, 0.2) is 0 Å². The van der Waals surface area contributed by atoms with Gasteiger partial charge in [-0.15, -0.1) is 11.3 Å². The van der Waals surface area contributed by atoms with Crippen molar-refractivity contribution < 1.29 is 4.79 Å². The number of carbonyl (C=O) groups is 1. The normalized spacial score (nSPS) is 10.6. The Morgan fingerprint density at radius 1 is 1.45 bits per heavy atom. The summed E-state index contributed by atoms with van der Waals surface area (Å²) in [5.74, 6) is -0.406. The van der Waals surface area contributed by atoms with E-state index in [4.69, 9.17) is 5.73 Å². The first-order chi connectivity index (χ1) is 10.6. The second kappa shape index (κ2) is 5.98. The highest BCUT2D eigenvalue weighted by molar-refractivity contribution is 7.10. The van der Waals surface area contributed by atoms with Crippen molar-refractivity contribution in [3.63, 3.8) is 0 Å². The molecule has 6 nitrogen and oxygen atoms in total. The minimum atomic E-state index is -0.406. The van der Waals surface area contributed by atoms with Crippen LogP contribution in [0.3, 0.4) is 0 Å². The minimum absolute atomic E-state index is 0.406. The monoisotopic (exact) mass is 313 g/mol. The number of thiophene rings is 1. The molecule has 22 heavy (non-hydrogen) atoms. The van der Waals surface area contributed by atoms with Crippen LogP contribution in [0.1, 0.15) is 20.8 Å². The van der Waals surface area contributed by atoms with Gasteiger partial charge in [0.05, 0.1) is 29.3 Å². The number of nitrogens with zero attached hydrogens (tertiary/aromatic N) is 3. The van der Waals surface area contributed by atoms with Gasteiger partial charge in [-0.05, 0) is 24.6 Å². The summed E-state index contributed by atoms with van der Waals surface area (Å²) >= 11 is 1.50. The zero-order valence-electron chi connectivity index (χ0n) is 12.0. The lowest BCUT2D eigenvalue weighted by Gasteiger charge is -2.10. The van der Waals surface area contributed by atoms with E-state index in [-0.39, 0.29) is 0 Å². The van der Waals surface area contributed by atoms with Crippen LogP contribution in [0.5, 0.6) is 0 Å². The quantitative estimate of drug-likeness (QED) is 0.757. The Hall–Kier alpha value is -2.67. The number of anilines is 1. The lowest BCUT2D eigenvalue weighted by molar-refractivity contribution is 0.100. The highest BCUT2D eigenvalue weighted by Crippen LogP contribution is 2.21.